The summed E-state index contributed by atoms with van der Waals surface area (Å²) in [7, 11) is 1.73. The van der Waals surface area contributed by atoms with Gasteiger partial charge in [0.1, 0.15) is 5.82 Å². The minimum absolute atomic E-state index is 0.0574. The van der Waals surface area contributed by atoms with Crippen molar-refractivity contribution in [3.05, 3.63) is 16.3 Å². The van der Waals surface area contributed by atoms with Crippen LogP contribution in [0, 0.1) is 6.92 Å². The molecular formula is C9H15N3O2. The summed E-state index contributed by atoms with van der Waals surface area (Å²) in [5.74, 6) is 0.744. The molecule has 1 fully saturated rings. The summed E-state index contributed by atoms with van der Waals surface area (Å²) >= 11 is 0. The SMILES string of the molecule is Cc1nn(CC2CCCO2)c(=O)n1C. The third kappa shape index (κ3) is 1.59. The van der Waals surface area contributed by atoms with Crippen molar-refractivity contribution in [3.8, 4) is 0 Å². The Kier molecular flexibility index (Phi) is 2.41. The molecule has 5 heteroatoms. The number of aromatic nitrogens is 3. The van der Waals surface area contributed by atoms with Crippen LogP contribution < -0.4 is 5.69 Å². The molecule has 0 bridgehead atoms. The molecular weight excluding hydrogens is 182 g/mol. The Morgan fingerprint density at radius 3 is 2.93 bits per heavy atom. The summed E-state index contributed by atoms with van der Waals surface area (Å²) < 4.78 is 8.49. The van der Waals surface area contributed by atoms with E-state index in [0.717, 1.165) is 25.3 Å². The summed E-state index contributed by atoms with van der Waals surface area (Å²) in [6.07, 6.45) is 2.29. The lowest BCUT2D eigenvalue weighted by atomic mass is 10.2. The van der Waals surface area contributed by atoms with Crippen LogP contribution in [0.15, 0.2) is 4.79 Å². The Bertz CT molecular complexity index is 374. The first kappa shape index (κ1) is 9.45. The Labute approximate surface area is 82.3 Å². The topological polar surface area (TPSA) is 49.1 Å². The molecule has 1 aliphatic heterocycles. The number of hydrogen-bond acceptors (Lipinski definition) is 3. The zero-order chi connectivity index (χ0) is 10.1. The monoisotopic (exact) mass is 197 g/mol. The highest BCUT2D eigenvalue weighted by Gasteiger charge is 2.18. The molecule has 0 N–H and O–H groups in total. The van der Waals surface area contributed by atoms with E-state index in [0.29, 0.717) is 6.54 Å². The molecule has 5 nitrogen and oxygen atoms in total. The van der Waals surface area contributed by atoms with Gasteiger partial charge in [-0.3, -0.25) is 4.57 Å². The largest absolute Gasteiger partial charge is 0.376 e. The summed E-state index contributed by atoms with van der Waals surface area (Å²) in [5.41, 5.74) is -0.0574. The van der Waals surface area contributed by atoms with E-state index in [-0.39, 0.29) is 11.8 Å². The van der Waals surface area contributed by atoms with Gasteiger partial charge in [0.15, 0.2) is 0 Å². The van der Waals surface area contributed by atoms with Gasteiger partial charge < -0.3 is 4.74 Å². The van der Waals surface area contributed by atoms with Crippen LogP contribution in [0.4, 0.5) is 0 Å². The first-order valence-corrected chi connectivity index (χ1v) is 4.90. The van der Waals surface area contributed by atoms with Gasteiger partial charge >= 0.3 is 5.69 Å². The van der Waals surface area contributed by atoms with Gasteiger partial charge in [-0.05, 0) is 19.8 Å². The summed E-state index contributed by atoms with van der Waals surface area (Å²) in [6.45, 7) is 3.22. The molecule has 1 saturated heterocycles. The highest BCUT2D eigenvalue weighted by atomic mass is 16.5. The van der Waals surface area contributed by atoms with Crippen molar-refractivity contribution in [3.63, 3.8) is 0 Å². The van der Waals surface area contributed by atoms with Gasteiger partial charge in [0.25, 0.3) is 0 Å². The molecule has 0 spiro atoms. The molecule has 1 unspecified atom stereocenters. The van der Waals surface area contributed by atoms with Gasteiger partial charge in [-0.2, -0.15) is 5.10 Å². The highest BCUT2D eigenvalue weighted by molar-refractivity contribution is 4.82. The summed E-state index contributed by atoms with van der Waals surface area (Å²) in [6, 6.07) is 0. The predicted molar refractivity (Wildman–Crippen MR) is 51.2 cm³/mol. The fourth-order valence-corrected chi connectivity index (χ4v) is 1.70. The summed E-state index contributed by atoms with van der Waals surface area (Å²) in [5, 5.41) is 4.16. The molecule has 14 heavy (non-hydrogen) atoms. The van der Waals surface area contributed by atoms with Crippen molar-refractivity contribution in [2.45, 2.75) is 32.4 Å². The molecule has 0 radical (unpaired) electrons. The standard InChI is InChI=1S/C9H15N3O2/c1-7-10-12(9(13)11(7)2)6-8-4-3-5-14-8/h8H,3-6H2,1-2H3. The Balaban J connectivity index is 2.16. The maximum Gasteiger partial charge on any atom is 0.345 e. The van der Waals surface area contributed by atoms with E-state index < -0.39 is 0 Å². The normalized spacial score (nSPS) is 21.7. The van der Waals surface area contributed by atoms with Gasteiger partial charge in [-0.15, -0.1) is 0 Å². The second kappa shape index (κ2) is 3.57. The van der Waals surface area contributed by atoms with E-state index in [2.05, 4.69) is 5.10 Å². The Hall–Kier alpha value is -1.10. The molecule has 2 heterocycles. The lowest BCUT2D eigenvalue weighted by molar-refractivity contribution is 0.0929. The maximum atomic E-state index is 11.6. The molecule has 1 aliphatic rings. The van der Waals surface area contributed by atoms with Crippen molar-refractivity contribution in [1.82, 2.24) is 14.3 Å². The van der Waals surface area contributed by atoms with E-state index in [1.54, 1.807) is 11.6 Å². The molecule has 2 rings (SSSR count). The molecule has 1 aromatic heterocycles. The third-order valence-corrected chi connectivity index (χ3v) is 2.66. The van der Waals surface area contributed by atoms with Crippen LogP contribution in [0.25, 0.3) is 0 Å². The number of rotatable bonds is 2. The van der Waals surface area contributed by atoms with Crippen LogP contribution in [0.5, 0.6) is 0 Å². The summed E-state index contributed by atoms with van der Waals surface area (Å²) in [4.78, 5) is 11.6. The third-order valence-electron chi connectivity index (χ3n) is 2.66. The predicted octanol–water partition coefficient (Wildman–Crippen LogP) is 0.0692. The van der Waals surface area contributed by atoms with Crippen LogP contribution in [0.1, 0.15) is 18.7 Å². The van der Waals surface area contributed by atoms with Gasteiger partial charge in [0.05, 0.1) is 12.6 Å². The van der Waals surface area contributed by atoms with E-state index >= 15 is 0 Å². The molecule has 78 valence electrons. The Morgan fingerprint density at radius 2 is 2.43 bits per heavy atom. The fourth-order valence-electron chi connectivity index (χ4n) is 1.70. The van der Waals surface area contributed by atoms with Crippen molar-refractivity contribution < 1.29 is 4.74 Å². The quantitative estimate of drug-likeness (QED) is 0.674. The molecule has 1 atom stereocenters. The first-order valence-electron chi connectivity index (χ1n) is 4.90. The van der Waals surface area contributed by atoms with Crippen LogP contribution in [0.2, 0.25) is 0 Å². The zero-order valence-electron chi connectivity index (χ0n) is 8.56. The van der Waals surface area contributed by atoms with Crippen LogP contribution in [0.3, 0.4) is 0 Å². The van der Waals surface area contributed by atoms with Crippen molar-refractivity contribution in [2.24, 2.45) is 7.05 Å². The number of hydrogen-bond donors (Lipinski definition) is 0. The molecule has 0 amide bonds. The molecule has 0 aromatic carbocycles. The van der Waals surface area contributed by atoms with Crippen LogP contribution >= 0.6 is 0 Å². The minimum atomic E-state index is -0.0574. The van der Waals surface area contributed by atoms with E-state index in [1.807, 2.05) is 6.92 Å². The fraction of sp³-hybridized carbons (Fsp3) is 0.778. The lowest BCUT2D eigenvalue weighted by Crippen LogP contribution is -2.28. The molecule has 1 aromatic rings. The minimum Gasteiger partial charge on any atom is -0.376 e. The van der Waals surface area contributed by atoms with Gasteiger partial charge in [-0.25, -0.2) is 9.48 Å². The van der Waals surface area contributed by atoms with Gasteiger partial charge in [0.2, 0.25) is 0 Å². The highest BCUT2D eigenvalue weighted by Crippen LogP contribution is 2.12. The molecule has 0 aliphatic carbocycles. The number of nitrogens with zero attached hydrogens (tertiary/aromatic N) is 3. The average molecular weight is 197 g/mol. The number of aryl methyl sites for hydroxylation is 1. The van der Waals surface area contributed by atoms with Crippen molar-refractivity contribution in [2.75, 3.05) is 6.61 Å². The van der Waals surface area contributed by atoms with E-state index in [4.69, 9.17) is 4.74 Å². The second-order valence-corrected chi connectivity index (χ2v) is 3.71. The first-order chi connectivity index (χ1) is 6.68. The number of ether oxygens (including phenoxy) is 1. The lowest BCUT2D eigenvalue weighted by Gasteiger charge is -2.07. The van der Waals surface area contributed by atoms with Crippen molar-refractivity contribution >= 4 is 0 Å². The van der Waals surface area contributed by atoms with Crippen LogP contribution in [-0.2, 0) is 18.3 Å². The zero-order valence-corrected chi connectivity index (χ0v) is 8.56. The smallest absolute Gasteiger partial charge is 0.345 e. The van der Waals surface area contributed by atoms with Gasteiger partial charge in [-0.1, -0.05) is 0 Å². The average Bonchev–Trinajstić information content (AvgIpc) is 2.73. The van der Waals surface area contributed by atoms with Crippen molar-refractivity contribution in [1.29, 1.82) is 0 Å². The van der Waals surface area contributed by atoms with E-state index in [9.17, 15) is 4.79 Å². The van der Waals surface area contributed by atoms with E-state index in [1.165, 1.54) is 4.68 Å². The maximum absolute atomic E-state index is 11.6. The van der Waals surface area contributed by atoms with Crippen LogP contribution in [-0.4, -0.2) is 27.1 Å². The molecule has 0 saturated carbocycles. The Morgan fingerprint density at radius 1 is 1.64 bits per heavy atom. The van der Waals surface area contributed by atoms with Gasteiger partial charge in [0, 0.05) is 13.7 Å². The second-order valence-electron chi connectivity index (χ2n) is 3.71.